The number of aliphatic hydroxyl groups is 2. The number of alkyl halides is 2. The molecule has 6 heterocycles. The Morgan fingerprint density at radius 2 is 1.12 bits per heavy atom. The fraction of sp³-hybridized carbons (Fsp3) is 0.270. The van der Waals surface area contributed by atoms with Gasteiger partial charge in [0.25, 0.3) is 5.91 Å². The summed E-state index contributed by atoms with van der Waals surface area (Å²) < 4.78 is 54.9. The summed E-state index contributed by atoms with van der Waals surface area (Å²) in [5.74, 6) is 1.03. The molecule has 0 saturated carbocycles. The van der Waals surface area contributed by atoms with Crippen LogP contribution in [0.2, 0.25) is 0 Å². The Balaban J connectivity index is 0.000000155. The predicted octanol–water partition coefficient (Wildman–Crippen LogP) is 7.56. The van der Waals surface area contributed by atoms with E-state index < -0.39 is 47.6 Å². The van der Waals surface area contributed by atoms with E-state index in [1.807, 2.05) is 97.1 Å². The van der Waals surface area contributed by atoms with Crippen molar-refractivity contribution >= 4 is 136 Å². The molecule has 546 valence electrons. The van der Waals surface area contributed by atoms with Crippen molar-refractivity contribution in [3.63, 3.8) is 0 Å². The standard InChI is InChI=1S/C25H22N2O6.C23H18ClNO6.C21H17NO5.C3H9NO.C2H2Cl2O.I3/c1-14(12-28)26-11-21(29)27-22(24(26)30)23(18-8-6-15-4-2-3-5-17(15)18)33-25(27)16-7-9-19-20(10-16)32-13-31-19;1-28-23(27)20-21(16-8-6-13-4-2-3-5-15(13)16)31-22(25(20)19(26)11-24)14-7-9-17-18(10-14)30-12-29-17;1-25-21(24)19(20(23)16-8-7-14-4-2-3-5-15(14)16)22-11-13-6-9-17-18(10-13)27-12-26-17;1-3(4)2-5;3-1-2(4)5;1-3-2/h2-5,7-10,14,25,28H,6,11-13H2,1H3;2-5,7-10,22H,6,11-12H2,1H3;2-6,8-11,19H,7,12H2,1H3;3,5H,2,4H2,1H3;1H2;/q;;;;;-1/t14-,25?;;;3-;;/m0..0../s1. The van der Waals surface area contributed by atoms with Crippen molar-refractivity contribution in [1.29, 1.82) is 0 Å². The van der Waals surface area contributed by atoms with Crippen LogP contribution >= 0.6 is 72.0 Å². The predicted molar refractivity (Wildman–Crippen MR) is 397 cm³/mol. The third kappa shape index (κ3) is 17.6. The molecule has 3 amide bonds. The van der Waals surface area contributed by atoms with Gasteiger partial charge in [0.2, 0.25) is 55.9 Å². The van der Waals surface area contributed by atoms with Gasteiger partial charge in [-0.15, -0.1) is 23.2 Å². The summed E-state index contributed by atoms with van der Waals surface area (Å²) in [5, 5.41) is 17.2. The van der Waals surface area contributed by atoms with Gasteiger partial charge in [-0.3, -0.25) is 38.8 Å². The van der Waals surface area contributed by atoms with Crippen LogP contribution in [0.3, 0.4) is 0 Å². The first-order valence-electron chi connectivity index (χ1n) is 32.0. The summed E-state index contributed by atoms with van der Waals surface area (Å²) in [7, 11) is 2.51. The minimum atomic E-state index is -1.25. The van der Waals surface area contributed by atoms with Gasteiger partial charge in [-0.05, 0) is 138 Å². The zero-order valence-corrected chi connectivity index (χ0v) is 64.8. The van der Waals surface area contributed by atoms with Gasteiger partial charge < -0.3 is 68.2 Å². The number of ether oxygens (including phenoxy) is 10. The maximum Gasteiger partial charge on any atom is 0.236 e. The molecule has 9 aliphatic rings. The Morgan fingerprint density at radius 3 is 1.62 bits per heavy atom. The molecule has 24 nitrogen and oxygen atoms in total. The van der Waals surface area contributed by atoms with E-state index in [2.05, 4.69) is 42.2 Å². The van der Waals surface area contributed by atoms with Gasteiger partial charge in [-0.2, -0.15) is 0 Å². The molecule has 4 N–H and O–H groups in total. The van der Waals surface area contributed by atoms with Crippen LogP contribution in [0.4, 0.5) is 0 Å². The smallest absolute Gasteiger partial charge is 0.236 e. The summed E-state index contributed by atoms with van der Waals surface area (Å²) in [6.45, 7) is 3.62. The van der Waals surface area contributed by atoms with E-state index >= 15 is 0 Å². The molecule has 0 aromatic heterocycles. The number of aliphatic hydroxyl groups excluding tert-OH is 2. The fourth-order valence-corrected chi connectivity index (χ4v) is 12.1. The Hall–Kier alpha value is -8.28. The van der Waals surface area contributed by atoms with Gasteiger partial charge in [0.15, 0.2) is 63.2 Å². The largest absolute Gasteiger partial charge is 0.280 e. The van der Waals surface area contributed by atoms with Crippen LogP contribution in [-0.4, -0.2) is 156 Å². The second kappa shape index (κ2) is 36.6. The summed E-state index contributed by atoms with van der Waals surface area (Å²) in [4.78, 5) is 95.6. The number of nitrogens with two attached hydrogens (primary N) is 1. The number of amides is 3. The van der Waals surface area contributed by atoms with Gasteiger partial charge in [0.05, 0.1) is 39.4 Å². The van der Waals surface area contributed by atoms with Crippen molar-refractivity contribution in [2.75, 3.05) is 66.1 Å². The van der Waals surface area contributed by atoms with Gasteiger partial charge in [0, 0.05) is 40.1 Å². The molecule has 1 saturated heterocycles. The SMILES string of the molecule is COC(=O)C(N=Cc1ccc2c(c1)OCO2)C(=O)C1=CCc2ccccc21.COC(=O)C1=C(C2=CCc3ccccc32)OC(c2ccc3c(c2)OCO3)N1C(=O)CCl.C[C@@H](CO)N1CC(=O)N2C(=C(C3=CCc4ccccc43)OC2c2ccc3c(c2)OCO3)C1=O.C[C@H](N)CO.I[I-]I.O=C(Cl)CCl. The number of benzene rings is 6. The van der Waals surface area contributed by atoms with Gasteiger partial charge in [-0.25, -0.2) is 9.59 Å². The molecular weight excluding hydrogens is 1750 g/mol. The van der Waals surface area contributed by atoms with E-state index in [1.165, 1.54) is 35.1 Å². The molecule has 3 unspecified atom stereocenters. The van der Waals surface area contributed by atoms with E-state index in [4.69, 9.17) is 93.0 Å². The third-order valence-corrected chi connectivity index (χ3v) is 17.6. The first-order chi connectivity index (χ1) is 50.3. The summed E-state index contributed by atoms with van der Waals surface area (Å²) >= 11 is 20.7. The molecule has 0 spiro atoms. The van der Waals surface area contributed by atoms with E-state index in [9.17, 15) is 38.7 Å². The average molecular weight is 1820 g/mol. The summed E-state index contributed by atoms with van der Waals surface area (Å²) in [5.41, 5.74) is 15.4. The van der Waals surface area contributed by atoms with Gasteiger partial charge in [-0.1, -0.05) is 91.0 Å². The molecule has 0 bridgehead atoms. The molecule has 104 heavy (non-hydrogen) atoms. The normalized spacial score (nSPS) is 17.7. The van der Waals surface area contributed by atoms with Crippen molar-refractivity contribution in [3.05, 3.63) is 219 Å². The fourth-order valence-electron chi connectivity index (χ4n) is 12.0. The van der Waals surface area contributed by atoms with Crippen LogP contribution in [-0.2, 0) is 71.8 Å². The molecule has 0 radical (unpaired) electrons. The van der Waals surface area contributed by atoms with Crippen molar-refractivity contribution in [2.24, 2.45) is 10.7 Å². The van der Waals surface area contributed by atoms with Crippen molar-refractivity contribution in [3.8, 4) is 34.5 Å². The molecule has 30 heteroatoms. The van der Waals surface area contributed by atoms with Crippen LogP contribution in [0.25, 0.3) is 16.7 Å². The second-order valence-corrected chi connectivity index (χ2v) is 40.7. The molecular formula is C74H68Cl3I3N5O19-. The van der Waals surface area contributed by atoms with Crippen LogP contribution < -0.4 is 47.4 Å². The number of carbonyl (C=O) groups is 7. The zero-order chi connectivity index (χ0) is 74.3. The van der Waals surface area contributed by atoms with E-state index in [0.29, 0.717) is 88.6 Å². The number of hydrogen-bond donors (Lipinski definition) is 3. The van der Waals surface area contributed by atoms with Gasteiger partial charge >= 0.3 is 62.4 Å². The number of halogens is 6. The van der Waals surface area contributed by atoms with E-state index in [0.717, 1.165) is 50.9 Å². The average Bonchev–Trinajstić information content (AvgIpc) is 1.58. The van der Waals surface area contributed by atoms with E-state index in [1.54, 1.807) is 62.4 Å². The number of methoxy groups -OCH3 is 2. The number of aliphatic imine (C=N–C) groups is 1. The maximum absolute atomic E-state index is 13.6. The Labute approximate surface area is 642 Å². The van der Waals surface area contributed by atoms with Crippen LogP contribution in [0.15, 0.2) is 174 Å². The number of allylic oxidation sites excluding steroid dienone is 5. The van der Waals surface area contributed by atoms with Crippen molar-refractivity contribution in [2.45, 2.75) is 63.7 Å². The number of esters is 2. The monoisotopic (exact) mass is 1820 g/mol. The number of fused-ring (bicyclic) bond motifs is 7. The quantitative estimate of drug-likeness (QED) is 0.0223. The Kier molecular flexibility index (Phi) is 27.6. The van der Waals surface area contributed by atoms with Gasteiger partial charge in [0.1, 0.15) is 12.4 Å². The van der Waals surface area contributed by atoms with Crippen LogP contribution in [0.5, 0.6) is 34.5 Å². The molecule has 5 atom stereocenters. The molecule has 6 aromatic rings. The zero-order valence-electron chi connectivity index (χ0n) is 56.1. The second-order valence-electron chi connectivity index (χ2n) is 23.5. The van der Waals surface area contributed by atoms with Crippen LogP contribution in [0.1, 0.15) is 76.4 Å². The number of ketones is 1. The third-order valence-electron chi connectivity index (χ3n) is 16.9. The van der Waals surface area contributed by atoms with E-state index in [-0.39, 0.29) is 92.7 Å². The number of carbonyl (C=O) groups excluding carboxylic acids is 7. The number of rotatable bonds is 15. The summed E-state index contributed by atoms with van der Waals surface area (Å²) in [6.07, 6.45) is 7.69. The minimum Gasteiger partial charge on any atom is -0.280 e. The first-order valence-corrected chi connectivity index (χ1v) is 46.0. The number of nitrogens with zero attached hydrogens (tertiary/aromatic N) is 4. The minimum absolute atomic E-state index is 0.0266. The number of hydrogen-bond acceptors (Lipinski definition) is 21. The topological polar surface area (TPSA) is 300 Å². The van der Waals surface area contributed by atoms with Crippen molar-refractivity contribution < 1.29 is 104 Å². The first kappa shape index (κ1) is 78.3. The van der Waals surface area contributed by atoms with Crippen molar-refractivity contribution in [1.82, 2.24) is 14.7 Å². The molecule has 3 aliphatic carbocycles. The molecule has 6 aliphatic heterocycles. The van der Waals surface area contributed by atoms with Crippen LogP contribution in [0, 0.1) is 0 Å². The summed E-state index contributed by atoms with van der Waals surface area (Å²) in [6, 6.07) is 37.5. The number of Topliss-reactive ketones (excluding diaryl/α,β-unsaturated/α-hetero) is 1. The molecule has 6 aromatic carbocycles. The maximum atomic E-state index is 13.6. The molecule has 15 rings (SSSR count). The number of piperazine rings is 1. The Bertz CT molecular complexity index is 4490. The Morgan fingerprint density at radius 1 is 0.644 bits per heavy atom. The molecule has 1 fully saturated rings.